The Hall–Kier alpha value is -2.19. The summed E-state index contributed by atoms with van der Waals surface area (Å²) >= 11 is 0.688. The van der Waals surface area contributed by atoms with E-state index in [-0.39, 0.29) is 34.3 Å². The number of nitrogens with two attached hydrogens (primary N) is 1. The number of benzene rings is 1. The van der Waals surface area contributed by atoms with Crippen molar-refractivity contribution in [2.75, 3.05) is 0 Å². The van der Waals surface area contributed by atoms with Crippen molar-refractivity contribution in [3.8, 4) is 6.07 Å². The van der Waals surface area contributed by atoms with E-state index in [0.29, 0.717) is 22.5 Å². The van der Waals surface area contributed by atoms with Gasteiger partial charge in [0.1, 0.15) is 11.9 Å². The average Bonchev–Trinajstić information content (AvgIpc) is 3.40. The zero-order chi connectivity index (χ0) is 24.0. The van der Waals surface area contributed by atoms with Crippen LogP contribution in [0.25, 0.3) is 0 Å². The van der Waals surface area contributed by atoms with Crippen molar-refractivity contribution in [3.05, 3.63) is 50.9 Å². The van der Waals surface area contributed by atoms with Crippen LogP contribution in [0.1, 0.15) is 79.5 Å². The maximum Gasteiger partial charge on any atom is 0.259 e. The largest absolute Gasteiger partial charge is 0.385 e. The molecule has 1 fully saturated rings. The summed E-state index contributed by atoms with van der Waals surface area (Å²) in [5.41, 5.74) is -0.0674. The van der Waals surface area contributed by atoms with E-state index in [1.807, 2.05) is 6.07 Å². The standard InChI is InChI=1S/C22H25F2N3O3S2/c1-11(2)19-15(14(12-5-6-12)7-13(10-25)20(19)24)8-18(28)27-32(26,30)21-16(23)9-17(31-21)22(3,4)29/h7,9,11-12,29H,5-6,8H2,1-4H3,(H2,26,27,28,30)/t32-/m0/s1. The van der Waals surface area contributed by atoms with Gasteiger partial charge in [0.2, 0.25) is 0 Å². The molecule has 0 saturated heterocycles. The highest BCUT2D eigenvalue weighted by molar-refractivity contribution is 7.93. The monoisotopic (exact) mass is 481 g/mol. The molecule has 1 aliphatic rings. The van der Waals surface area contributed by atoms with Crippen molar-refractivity contribution in [2.24, 2.45) is 9.50 Å². The molecule has 3 rings (SSSR count). The van der Waals surface area contributed by atoms with Gasteiger partial charge in [-0.1, -0.05) is 13.8 Å². The first kappa shape index (κ1) is 24.5. The van der Waals surface area contributed by atoms with Crippen LogP contribution in [0.4, 0.5) is 8.78 Å². The van der Waals surface area contributed by atoms with Gasteiger partial charge in [-0.05, 0) is 67.3 Å². The highest BCUT2D eigenvalue weighted by Gasteiger charge is 2.32. The van der Waals surface area contributed by atoms with E-state index < -0.39 is 37.3 Å². The molecular weight excluding hydrogens is 456 g/mol. The van der Waals surface area contributed by atoms with E-state index >= 15 is 0 Å². The molecule has 1 aromatic carbocycles. The predicted octanol–water partition coefficient (Wildman–Crippen LogP) is 4.60. The van der Waals surface area contributed by atoms with Gasteiger partial charge in [0.05, 0.1) is 17.6 Å². The van der Waals surface area contributed by atoms with Gasteiger partial charge >= 0.3 is 0 Å². The maximum absolute atomic E-state index is 15.0. The van der Waals surface area contributed by atoms with Gasteiger partial charge in [-0.25, -0.2) is 18.1 Å². The van der Waals surface area contributed by atoms with E-state index in [0.717, 1.165) is 18.9 Å². The van der Waals surface area contributed by atoms with E-state index in [4.69, 9.17) is 5.14 Å². The van der Waals surface area contributed by atoms with Crippen molar-refractivity contribution >= 4 is 27.2 Å². The van der Waals surface area contributed by atoms with Gasteiger partial charge in [0.15, 0.2) is 19.9 Å². The van der Waals surface area contributed by atoms with E-state index in [1.54, 1.807) is 13.8 Å². The first-order valence-corrected chi connectivity index (χ1v) is 12.5. The molecular formula is C22H25F2N3O3S2. The summed E-state index contributed by atoms with van der Waals surface area (Å²) in [6.45, 7) is 6.39. The fourth-order valence-electron chi connectivity index (χ4n) is 3.61. The Balaban J connectivity index is 2.05. The van der Waals surface area contributed by atoms with E-state index in [1.165, 1.54) is 19.9 Å². The Morgan fingerprint density at radius 3 is 2.50 bits per heavy atom. The lowest BCUT2D eigenvalue weighted by molar-refractivity contribution is -0.117. The molecule has 32 heavy (non-hydrogen) atoms. The van der Waals surface area contributed by atoms with Crippen LogP contribution in [0, 0.1) is 23.0 Å². The van der Waals surface area contributed by atoms with Crippen molar-refractivity contribution in [3.63, 3.8) is 0 Å². The molecule has 0 unspecified atom stereocenters. The fourth-order valence-corrected chi connectivity index (χ4v) is 6.02. The second-order valence-electron chi connectivity index (χ2n) is 8.80. The fraction of sp³-hybridized carbons (Fsp3) is 0.455. The van der Waals surface area contributed by atoms with Gasteiger partial charge in [-0.2, -0.15) is 5.26 Å². The Bertz CT molecular complexity index is 1240. The van der Waals surface area contributed by atoms with E-state index in [9.17, 15) is 28.2 Å². The molecule has 1 heterocycles. The zero-order valence-corrected chi connectivity index (χ0v) is 19.9. The van der Waals surface area contributed by atoms with Crippen molar-refractivity contribution < 1.29 is 22.9 Å². The molecule has 3 N–H and O–H groups in total. The minimum absolute atomic E-state index is 0.0776. The molecule has 0 spiro atoms. The van der Waals surface area contributed by atoms with Crippen molar-refractivity contribution in [1.29, 1.82) is 5.26 Å². The summed E-state index contributed by atoms with van der Waals surface area (Å²) in [7, 11) is -3.91. The third-order valence-electron chi connectivity index (χ3n) is 5.25. The smallest absolute Gasteiger partial charge is 0.259 e. The molecule has 1 saturated carbocycles. The van der Waals surface area contributed by atoms with Crippen molar-refractivity contribution in [1.82, 2.24) is 0 Å². The van der Waals surface area contributed by atoms with Gasteiger partial charge in [0.25, 0.3) is 5.91 Å². The molecule has 6 nitrogen and oxygen atoms in total. The first-order valence-electron chi connectivity index (χ1n) is 10.1. The van der Waals surface area contributed by atoms with Crippen LogP contribution in [0.15, 0.2) is 20.7 Å². The third-order valence-corrected chi connectivity index (χ3v) is 8.64. The zero-order valence-electron chi connectivity index (χ0n) is 18.2. The highest BCUT2D eigenvalue weighted by Crippen LogP contribution is 2.45. The van der Waals surface area contributed by atoms with Gasteiger partial charge in [-0.3, -0.25) is 4.79 Å². The molecule has 1 amide bonds. The SMILES string of the molecule is CC(C)c1c(F)c(C#N)cc(C2CC2)c1CC(=O)N=[S@](N)(=O)c1sc(C(C)(C)O)cc1F. The van der Waals surface area contributed by atoms with Crippen LogP contribution in [0.5, 0.6) is 0 Å². The van der Waals surface area contributed by atoms with Crippen molar-refractivity contribution in [2.45, 2.75) is 68.6 Å². The number of hydrogen-bond donors (Lipinski definition) is 2. The van der Waals surface area contributed by atoms with Crippen LogP contribution < -0.4 is 5.14 Å². The van der Waals surface area contributed by atoms with Crippen LogP contribution in [-0.4, -0.2) is 15.2 Å². The summed E-state index contributed by atoms with van der Waals surface area (Å²) in [6, 6.07) is 4.35. The van der Waals surface area contributed by atoms with Gasteiger partial charge in [0, 0.05) is 4.88 Å². The molecule has 1 aliphatic carbocycles. The highest BCUT2D eigenvalue weighted by atomic mass is 32.2. The van der Waals surface area contributed by atoms with E-state index in [2.05, 4.69) is 4.36 Å². The molecule has 172 valence electrons. The quantitative estimate of drug-likeness (QED) is 0.627. The molecule has 0 bridgehead atoms. The number of halogens is 2. The number of nitrogens with zero attached hydrogens (tertiary/aromatic N) is 2. The Morgan fingerprint density at radius 2 is 2.03 bits per heavy atom. The molecule has 1 atom stereocenters. The second kappa shape index (κ2) is 8.63. The lowest BCUT2D eigenvalue weighted by Gasteiger charge is -2.18. The Morgan fingerprint density at radius 1 is 1.41 bits per heavy atom. The lowest BCUT2D eigenvalue weighted by atomic mass is 9.87. The molecule has 0 aliphatic heterocycles. The molecule has 10 heteroatoms. The van der Waals surface area contributed by atoms with Crippen LogP contribution in [-0.2, 0) is 26.7 Å². The summed E-state index contributed by atoms with van der Waals surface area (Å²) in [4.78, 5) is 13.0. The van der Waals surface area contributed by atoms with Gasteiger partial charge in [-0.15, -0.1) is 15.7 Å². The van der Waals surface area contributed by atoms with Crippen LogP contribution in [0.3, 0.4) is 0 Å². The first-order chi connectivity index (χ1) is 14.8. The van der Waals surface area contributed by atoms with Crippen LogP contribution in [0.2, 0.25) is 0 Å². The minimum Gasteiger partial charge on any atom is -0.385 e. The van der Waals surface area contributed by atoms with Gasteiger partial charge < -0.3 is 5.11 Å². The summed E-state index contributed by atoms with van der Waals surface area (Å²) in [5, 5.41) is 25.1. The average molecular weight is 482 g/mol. The number of amides is 1. The number of carbonyl (C=O) groups is 1. The molecule has 1 aromatic heterocycles. The number of nitriles is 1. The number of rotatable bonds is 6. The summed E-state index contributed by atoms with van der Waals surface area (Å²) in [5.74, 6) is -2.66. The molecule has 2 aromatic rings. The number of hydrogen-bond acceptors (Lipinski definition) is 5. The lowest BCUT2D eigenvalue weighted by Crippen LogP contribution is -2.17. The summed E-state index contributed by atoms with van der Waals surface area (Å²) in [6.07, 6.45) is 1.36. The predicted molar refractivity (Wildman–Crippen MR) is 118 cm³/mol. The third kappa shape index (κ3) is 4.91. The number of thiophene rings is 1. The number of aliphatic hydroxyl groups is 1. The second-order valence-corrected chi connectivity index (χ2v) is 11.8. The normalized spacial score (nSPS) is 16.0. The maximum atomic E-state index is 15.0. The number of carbonyl (C=O) groups excluding carboxylic acids is 1. The molecule has 0 radical (unpaired) electrons. The Kier molecular flexibility index (Phi) is 6.60. The summed E-state index contributed by atoms with van der Waals surface area (Å²) < 4.78 is 45.4. The minimum atomic E-state index is -3.91. The Labute approximate surface area is 190 Å². The van der Waals surface area contributed by atoms with Crippen LogP contribution >= 0.6 is 11.3 Å². The topological polar surface area (TPSA) is 117 Å².